The molecule has 1 aromatic carbocycles. The van der Waals surface area contributed by atoms with Crippen LogP contribution in [0.1, 0.15) is 55.9 Å². The second-order valence-electron chi connectivity index (χ2n) is 9.64. The van der Waals surface area contributed by atoms with E-state index in [1.807, 2.05) is 18.2 Å². The van der Waals surface area contributed by atoms with Gasteiger partial charge in [-0.25, -0.2) is 4.39 Å². The quantitative estimate of drug-likeness (QED) is 0.626. The zero-order valence-corrected chi connectivity index (χ0v) is 20.6. The van der Waals surface area contributed by atoms with Crippen LogP contribution < -0.4 is 11.1 Å². The summed E-state index contributed by atoms with van der Waals surface area (Å²) < 4.78 is 13.5. The molecule has 6 nitrogen and oxygen atoms in total. The minimum atomic E-state index is -0.481. The van der Waals surface area contributed by atoms with Gasteiger partial charge in [-0.2, -0.15) is 0 Å². The van der Waals surface area contributed by atoms with Crippen molar-refractivity contribution in [2.75, 3.05) is 6.54 Å². The molecule has 1 unspecified atom stereocenters. The number of carbonyl (C=O) groups excluding carboxylic acids is 2. The molecule has 1 aliphatic carbocycles. The third-order valence-electron chi connectivity index (χ3n) is 7.15. The Hall–Kier alpha value is -2.29. The Bertz CT molecular complexity index is 944. The van der Waals surface area contributed by atoms with Gasteiger partial charge in [0, 0.05) is 49.6 Å². The Morgan fingerprint density at radius 2 is 1.85 bits per heavy atom. The predicted octanol–water partition coefficient (Wildman–Crippen LogP) is 3.66. The fraction of sp³-hybridized carbons (Fsp3) is 0.538. The normalized spacial score (nSPS) is 25.4. The first-order chi connectivity index (χ1) is 16.4. The van der Waals surface area contributed by atoms with Gasteiger partial charge in [0.25, 0.3) is 0 Å². The van der Waals surface area contributed by atoms with Crippen molar-refractivity contribution in [3.05, 3.63) is 58.0 Å². The zero-order chi connectivity index (χ0) is 24.1. The molecule has 2 atom stereocenters. The number of likely N-dealkylation sites (tertiary alicyclic amines) is 1. The number of amides is 2. The van der Waals surface area contributed by atoms with E-state index in [2.05, 4.69) is 21.7 Å². The van der Waals surface area contributed by atoms with Crippen LogP contribution in [0.4, 0.5) is 4.39 Å². The molecule has 2 aromatic rings. The molecule has 34 heavy (non-hydrogen) atoms. The topological polar surface area (TPSA) is 78.7 Å². The van der Waals surface area contributed by atoms with Gasteiger partial charge in [-0.3, -0.25) is 14.5 Å². The Balaban J connectivity index is 1.49. The maximum absolute atomic E-state index is 13.5. The first-order valence-corrected chi connectivity index (χ1v) is 13.1. The van der Waals surface area contributed by atoms with Gasteiger partial charge in [-0.1, -0.05) is 18.2 Å². The van der Waals surface area contributed by atoms with E-state index >= 15 is 0 Å². The molecule has 0 spiro atoms. The molecule has 2 amide bonds. The third kappa shape index (κ3) is 6.43. The fourth-order valence-corrected chi connectivity index (χ4v) is 5.94. The van der Waals surface area contributed by atoms with Crippen molar-refractivity contribution in [1.29, 1.82) is 0 Å². The van der Waals surface area contributed by atoms with Crippen molar-refractivity contribution in [2.24, 2.45) is 5.73 Å². The van der Waals surface area contributed by atoms with Crippen molar-refractivity contribution in [1.82, 2.24) is 15.1 Å². The summed E-state index contributed by atoms with van der Waals surface area (Å²) >= 11 is 1.71. The highest BCUT2D eigenvalue weighted by atomic mass is 32.1. The van der Waals surface area contributed by atoms with Gasteiger partial charge in [0.2, 0.25) is 11.8 Å². The van der Waals surface area contributed by atoms with Gasteiger partial charge >= 0.3 is 0 Å². The summed E-state index contributed by atoms with van der Waals surface area (Å²) in [6.45, 7) is 3.52. The smallest absolute Gasteiger partial charge is 0.243 e. The first-order valence-electron chi connectivity index (χ1n) is 12.2. The lowest BCUT2D eigenvalue weighted by Gasteiger charge is -2.43. The molecule has 0 radical (unpaired) electrons. The van der Waals surface area contributed by atoms with Crippen LogP contribution in [0, 0.1) is 5.82 Å². The summed E-state index contributed by atoms with van der Waals surface area (Å²) in [4.78, 5) is 31.1. The average molecular weight is 487 g/mol. The Labute approximate surface area is 205 Å². The van der Waals surface area contributed by atoms with Crippen molar-refractivity contribution in [3.8, 4) is 0 Å². The summed E-state index contributed by atoms with van der Waals surface area (Å²) in [5.41, 5.74) is 7.05. The Morgan fingerprint density at radius 1 is 1.12 bits per heavy atom. The Morgan fingerprint density at radius 3 is 2.50 bits per heavy atom. The first kappa shape index (κ1) is 24.8. The van der Waals surface area contributed by atoms with Crippen molar-refractivity contribution >= 4 is 23.2 Å². The summed E-state index contributed by atoms with van der Waals surface area (Å²) in [7, 11) is 0. The summed E-state index contributed by atoms with van der Waals surface area (Å²) in [5, 5.41) is 5.27. The number of thiophene rings is 1. The molecule has 1 saturated heterocycles. The number of carbonyl (C=O) groups is 2. The van der Waals surface area contributed by atoms with Gasteiger partial charge in [-0.15, -0.1) is 11.3 Å². The van der Waals surface area contributed by atoms with Crippen LogP contribution in [0.25, 0.3) is 0 Å². The van der Waals surface area contributed by atoms with E-state index in [-0.39, 0.29) is 35.8 Å². The number of nitrogens with zero attached hydrogens (tertiary/aromatic N) is 2. The van der Waals surface area contributed by atoms with Crippen LogP contribution in [0.2, 0.25) is 0 Å². The molecule has 2 fully saturated rings. The van der Waals surface area contributed by atoms with Crippen LogP contribution in [0.15, 0.2) is 41.8 Å². The van der Waals surface area contributed by atoms with Crippen LogP contribution in [0.3, 0.4) is 0 Å². The van der Waals surface area contributed by atoms with E-state index < -0.39 is 6.04 Å². The highest BCUT2D eigenvalue weighted by molar-refractivity contribution is 7.09. The second kappa shape index (κ2) is 11.4. The van der Waals surface area contributed by atoms with Gasteiger partial charge in [0.15, 0.2) is 0 Å². The van der Waals surface area contributed by atoms with Gasteiger partial charge in [0.1, 0.15) is 11.9 Å². The van der Waals surface area contributed by atoms with E-state index in [1.165, 1.54) is 17.0 Å². The SMILES string of the molecule is CC(=O)N1CCC(N(Cc2ccc(F)cc2)Cc2cccs2)C[C@@H]1C(=O)NC1CCC(N)CC1. The van der Waals surface area contributed by atoms with Crippen molar-refractivity contribution < 1.29 is 14.0 Å². The number of hydrogen-bond acceptors (Lipinski definition) is 5. The average Bonchev–Trinajstić information content (AvgIpc) is 3.34. The molecule has 0 bridgehead atoms. The number of rotatable bonds is 7. The van der Waals surface area contributed by atoms with E-state index in [0.717, 1.165) is 44.2 Å². The standard InChI is InChI=1S/C26H35FN4O2S/c1-18(32)31-13-12-23(15-25(31)26(33)29-22-10-8-21(28)9-11-22)30(17-24-3-2-14-34-24)16-19-4-6-20(27)7-5-19/h2-7,14,21-23,25H,8-13,15-17,28H2,1H3,(H,29,33)/t21?,22?,23?,25-/m1/s1. The molecular formula is C26H35FN4O2S. The lowest BCUT2D eigenvalue weighted by atomic mass is 9.90. The number of benzene rings is 1. The Kier molecular flexibility index (Phi) is 8.34. The van der Waals surface area contributed by atoms with Gasteiger partial charge in [0.05, 0.1) is 0 Å². The van der Waals surface area contributed by atoms with E-state index in [0.29, 0.717) is 19.5 Å². The lowest BCUT2D eigenvalue weighted by Crippen LogP contribution is -2.58. The maximum atomic E-state index is 13.5. The zero-order valence-electron chi connectivity index (χ0n) is 19.8. The molecule has 2 heterocycles. The number of piperidine rings is 1. The number of halogens is 1. The summed E-state index contributed by atoms with van der Waals surface area (Å²) in [6, 6.07) is 10.8. The minimum Gasteiger partial charge on any atom is -0.352 e. The predicted molar refractivity (Wildman–Crippen MR) is 133 cm³/mol. The van der Waals surface area contributed by atoms with E-state index in [9.17, 15) is 14.0 Å². The number of hydrogen-bond donors (Lipinski definition) is 2. The molecule has 4 rings (SSSR count). The maximum Gasteiger partial charge on any atom is 0.243 e. The minimum absolute atomic E-state index is 0.0572. The largest absolute Gasteiger partial charge is 0.352 e. The molecule has 1 saturated carbocycles. The van der Waals surface area contributed by atoms with Gasteiger partial charge in [-0.05, 0) is 67.7 Å². The molecule has 2 aliphatic rings. The molecule has 8 heteroatoms. The molecule has 184 valence electrons. The summed E-state index contributed by atoms with van der Waals surface area (Å²) in [5.74, 6) is -0.366. The monoisotopic (exact) mass is 486 g/mol. The molecular weight excluding hydrogens is 451 g/mol. The van der Waals surface area contributed by atoms with Crippen molar-refractivity contribution in [2.45, 2.75) is 82.7 Å². The highest BCUT2D eigenvalue weighted by Gasteiger charge is 2.38. The summed E-state index contributed by atoms with van der Waals surface area (Å²) in [6.07, 6.45) is 5.00. The number of nitrogens with two attached hydrogens (primary N) is 1. The lowest BCUT2D eigenvalue weighted by molar-refractivity contribution is -0.142. The van der Waals surface area contributed by atoms with Crippen molar-refractivity contribution in [3.63, 3.8) is 0 Å². The van der Waals surface area contributed by atoms with E-state index in [1.54, 1.807) is 23.2 Å². The molecule has 1 aliphatic heterocycles. The van der Waals surface area contributed by atoms with Crippen LogP contribution in [-0.2, 0) is 22.7 Å². The third-order valence-corrected chi connectivity index (χ3v) is 8.02. The molecule has 1 aromatic heterocycles. The van der Waals surface area contributed by atoms with E-state index in [4.69, 9.17) is 5.73 Å². The number of nitrogens with one attached hydrogen (secondary N) is 1. The fourth-order valence-electron chi connectivity index (χ4n) is 5.21. The van der Waals surface area contributed by atoms with Crippen LogP contribution >= 0.6 is 11.3 Å². The van der Waals surface area contributed by atoms with Gasteiger partial charge < -0.3 is 16.0 Å². The van der Waals surface area contributed by atoms with Crippen LogP contribution in [-0.4, -0.2) is 52.3 Å². The molecule has 3 N–H and O–H groups in total. The van der Waals surface area contributed by atoms with Crippen LogP contribution in [0.5, 0.6) is 0 Å². The second-order valence-corrected chi connectivity index (χ2v) is 10.7. The highest BCUT2D eigenvalue weighted by Crippen LogP contribution is 2.27.